The Bertz CT molecular complexity index is 1750. The van der Waals surface area contributed by atoms with Gasteiger partial charge in [-0.25, -0.2) is 18.4 Å². The summed E-state index contributed by atoms with van der Waals surface area (Å²) in [5, 5.41) is 2.70. The van der Waals surface area contributed by atoms with Crippen LogP contribution in [0.15, 0.2) is 85.2 Å². The Morgan fingerprint density at radius 2 is 1.40 bits per heavy atom. The van der Waals surface area contributed by atoms with Crippen LogP contribution in [0.3, 0.4) is 0 Å². The fraction of sp³-hybridized carbons (Fsp3) is 0.368. The molecule has 4 rings (SSSR count). The minimum absolute atomic E-state index is 0.0752. The van der Waals surface area contributed by atoms with E-state index in [9.17, 15) is 18.0 Å². The van der Waals surface area contributed by atoms with E-state index in [0.717, 1.165) is 52.9 Å². The van der Waals surface area contributed by atoms with Crippen LogP contribution in [0.2, 0.25) is 0 Å². The van der Waals surface area contributed by atoms with Crippen molar-refractivity contribution < 1.29 is 22.7 Å². The Balaban J connectivity index is 1.40. The van der Waals surface area contributed by atoms with E-state index < -0.39 is 27.9 Å². The number of hydrogen-bond acceptors (Lipinski definition) is 7. The maximum Gasteiger partial charge on any atom is 0.256 e. The molecule has 3 aromatic carbocycles. The van der Waals surface area contributed by atoms with Gasteiger partial charge in [-0.2, -0.15) is 0 Å². The monoisotopic (exact) mass is 670 g/mol. The van der Waals surface area contributed by atoms with E-state index in [-0.39, 0.29) is 11.8 Å². The zero-order chi connectivity index (χ0) is 34.7. The van der Waals surface area contributed by atoms with E-state index in [0.29, 0.717) is 11.4 Å². The number of carbonyl (C=O) groups excluding carboxylic acids is 2. The fourth-order valence-electron chi connectivity index (χ4n) is 5.12. The molecule has 0 fully saturated rings. The number of hydrogen-bond donors (Lipinski definition) is 2. The predicted octanol–water partition coefficient (Wildman–Crippen LogP) is 6.87. The molecule has 9 nitrogen and oxygen atoms in total. The highest BCUT2D eigenvalue weighted by Gasteiger charge is 2.25. The second-order valence-corrected chi connectivity index (χ2v) is 14.8. The average molecular weight is 671 g/mol. The van der Waals surface area contributed by atoms with Crippen molar-refractivity contribution in [1.82, 2.24) is 20.0 Å². The van der Waals surface area contributed by atoms with E-state index in [4.69, 9.17) is 4.74 Å². The molecule has 1 aromatic heterocycles. The van der Waals surface area contributed by atoms with Crippen LogP contribution >= 0.6 is 0 Å². The first kappa shape index (κ1) is 36.3. The standard InChI is InChI=1S/C38H46N4O5S/c1-6-7-8-9-10-23-47-33-21-17-28(18-22-33)31-25-39-35(40-26-31)29-13-11-27(12-14-29)24-34(37(44)42-48(5,45)46)41-36(43)30-15-19-32(20-16-30)38(2,3)4/h11-22,25-26,34H,6-10,23-24H2,1-5H3,(H,41,43)(H,42,44)/t34-/m0/s1. The summed E-state index contributed by atoms with van der Waals surface area (Å²) in [6.45, 7) is 9.16. The minimum Gasteiger partial charge on any atom is -0.494 e. The molecule has 1 heterocycles. The molecule has 0 aliphatic heterocycles. The highest BCUT2D eigenvalue weighted by Crippen LogP contribution is 2.24. The van der Waals surface area contributed by atoms with Crippen molar-refractivity contribution in [3.63, 3.8) is 0 Å². The molecule has 0 saturated carbocycles. The quantitative estimate of drug-likeness (QED) is 0.132. The van der Waals surface area contributed by atoms with E-state index >= 15 is 0 Å². The highest BCUT2D eigenvalue weighted by molar-refractivity contribution is 7.89. The van der Waals surface area contributed by atoms with Crippen LogP contribution in [0.4, 0.5) is 0 Å². The summed E-state index contributed by atoms with van der Waals surface area (Å²) in [5.74, 6) is 0.0836. The van der Waals surface area contributed by atoms with Crippen molar-refractivity contribution in [1.29, 1.82) is 0 Å². The lowest BCUT2D eigenvalue weighted by atomic mass is 9.86. The summed E-state index contributed by atoms with van der Waals surface area (Å²) in [6, 6.07) is 21.2. The van der Waals surface area contributed by atoms with E-state index in [1.54, 1.807) is 36.7 Å². The van der Waals surface area contributed by atoms with Gasteiger partial charge in [0, 0.05) is 35.5 Å². The SMILES string of the molecule is CCCCCCCOc1ccc(-c2cnc(-c3ccc(C[C@H](NC(=O)c4ccc(C(C)(C)C)cc4)C(=O)NS(C)(=O)=O)cc3)nc2)cc1. The molecule has 254 valence electrons. The number of sulfonamides is 1. The molecular formula is C38H46N4O5S. The number of unbranched alkanes of at least 4 members (excludes halogenated alkanes) is 4. The van der Waals surface area contributed by atoms with Gasteiger partial charge in [0.15, 0.2) is 5.82 Å². The van der Waals surface area contributed by atoms with Gasteiger partial charge < -0.3 is 10.1 Å². The van der Waals surface area contributed by atoms with Crippen LogP contribution in [-0.4, -0.2) is 49.1 Å². The molecule has 0 unspecified atom stereocenters. The summed E-state index contributed by atoms with van der Waals surface area (Å²) >= 11 is 0. The number of rotatable bonds is 15. The van der Waals surface area contributed by atoms with E-state index in [1.807, 2.05) is 53.3 Å². The van der Waals surface area contributed by atoms with Crippen molar-refractivity contribution in [2.75, 3.05) is 12.9 Å². The van der Waals surface area contributed by atoms with Gasteiger partial charge in [0.1, 0.15) is 11.8 Å². The van der Waals surface area contributed by atoms with Crippen LogP contribution in [0.5, 0.6) is 5.75 Å². The highest BCUT2D eigenvalue weighted by atomic mass is 32.2. The van der Waals surface area contributed by atoms with Gasteiger partial charge in [0.05, 0.1) is 12.9 Å². The van der Waals surface area contributed by atoms with Crippen LogP contribution in [0, 0.1) is 0 Å². The Labute approximate surface area is 284 Å². The summed E-state index contributed by atoms with van der Waals surface area (Å²) in [4.78, 5) is 35.1. The van der Waals surface area contributed by atoms with Crippen molar-refractivity contribution in [3.8, 4) is 28.3 Å². The largest absolute Gasteiger partial charge is 0.494 e. The predicted molar refractivity (Wildman–Crippen MR) is 190 cm³/mol. The molecule has 0 aliphatic rings. The average Bonchev–Trinajstić information content (AvgIpc) is 3.05. The minimum atomic E-state index is -3.83. The van der Waals surface area contributed by atoms with E-state index in [1.165, 1.54) is 25.7 Å². The zero-order valence-corrected chi connectivity index (χ0v) is 29.3. The molecule has 2 amide bonds. The lowest BCUT2D eigenvalue weighted by molar-refractivity contribution is -0.121. The second-order valence-electron chi connectivity index (χ2n) is 13.1. The summed E-state index contributed by atoms with van der Waals surface area (Å²) in [5.41, 5.74) is 4.70. The smallest absolute Gasteiger partial charge is 0.256 e. The Morgan fingerprint density at radius 3 is 1.98 bits per heavy atom. The molecular weight excluding hydrogens is 625 g/mol. The van der Waals surface area contributed by atoms with Crippen LogP contribution in [-0.2, 0) is 26.7 Å². The lowest BCUT2D eigenvalue weighted by Crippen LogP contribution is -2.49. The number of amides is 2. The molecule has 48 heavy (non-hydrogen) atoms. The van der Waals surface area contributed by atoms with Gasteiger partial charge in [0.25, 0.3) is 11.8 Å². The third-order valence-electron chi connectivity index (χ3n) is 7.93. The molecule has 0 spiro atoms. The van der Waals surface area contributed by atoms with Gasteiger partial charge in [-0.05, 0) is 52.8 Å². The van der Waals surface area contributed by atoms with Gasteiger partial charge in [0.2, 0.25) is 10.0 Å². The zero-order valence-electron chi connectivity index (χ0n) is 28.5. The third-order valence-corrected chi connectivity index (χ3v) is 8.50. The van der Waals surface area contributed by atoms with Crippen LogP contribution < -0.4 is 14.8 Å². The molecule has 0 bridgehead atoms. The maximum absolute atomic E-state index is 13.1. The maximum atomic E-state index is 13.1. The molecule has 1 atom stereocenters. The fourth-order valence-corrected chi connectivity index (χ4v) is 5.63. The normalized spacial score (nSPS) is 12.3. The first-order valence-electron chi connectivity index (χ1n) is 16.4. The number of aromatic nitrogens is 2. The number of benzene rings is 3. The first-order valence-corrected chi connectivity index (χ1v) is 18.3. The molecule has 4 aromatic rings. The Hall–Kier alpha value is -4.57. The topological polar surface area (TPSA) is 127 Å². The van der Waals surface area contributed by atoms with Crippen LogP contribution in [0.25, 0.3) is 22.5 Å². The lowest BCUT2D eigenvalue weighted by Gasteiger charge is -2.20. The number of nitrogens with one attached hydrogen (secondary N) is 2. The number of carbonyl (C=O) groups is 2. The van der Waals surface area contributed by atoms with Gasteiger partial charge >= 0.3 is 0 Å². The first-order chi connectivity index (χ1) is 22.8. The van der Waals surface area contributed by atoms with Crippen molar-refractivity contribution in [2.24, 2.45) is 0 Å². The molecule has 10 heteroatoms. The van der Waals surface area contributed by atoms with Crippen molar-refractivity contribution in [3.05, 3.63) is 102 Å². The van der Waals surface area contributed by atoms with Gasteiger partial charge in [-0.3, -0.25) is 14.3 Å². The van der Waals surface area contributed by atoms with Crippen LogP contribution in [0.1, 0.15) is 81.3 Å². The molecule has 2 N–H and O–H groups in total. The summed E-state index contributed by atoms with van der Waals surface area (Å²) < 4.78 is 31.5. The van der Waals surface area contributed by atoms with Crippen molar-refractivity contribution in [2.45, 2.75) is 77.7 Å². The van der Waals surface area contributed by atoms with E-state index in [2.05, 4.69) is 43.0 Å². The summed E-state index contributed by atoms with van der Waals surface area (Å²) in [6.07, 6.45) is 10.5. The van der Waals surface area contributed by atoms with Gasteiger partial charge in [-0.1, -0.05) is 102 Å². The summed E-state index contributed by atoms with van der Waals surface area (Å²) in [7, 11) is -3.83. The number of nitrogens with zero attached hydrogens (tertiary/aromatic N) is 2. The Kier molecular flexibility index (Phi) is 12.5. The second kappa shape index (κ2) is 16.5. The van der Waals surface area contributed by atoms with Gasteiger partial charge in [-0.15, -0.1) is 0 Å². The Morgan fingerprint density at radius 1 is 0.792 bits per heavy atom. The third kappa shape index (κ3) is 11.0. The molecule has 0 aliphatic carbocycles. The number of ether oxygens (including phenoxy) is 1. The molecule has 0 saturated heterocycles. The molecule has 0 radical (unpaired) electrons. The van der Waals surface area contributed by atoms with Crippen molar-refractivity contribution >= 4 is 21.8 Å².